The molecule has 0 unspecified atom stereocenters. The fourth-order valence-electron chi connectivity index (χ4n) is 2.55. The van der Waals surface area contributed by atoms with Crippen LogP contribution in [0.1, 0.15) is 42.4 Å². The van der Waals surface area contributed by atoms with Crippen LogP contribution in [0.3, 0.4) is 0 Å². The lowest BCUT2D eigenvalue weighted by Gasteiger charge is -2.27. The third-order valence-corrected chi connectivity index (χ3v) is 3.52. The number of carboxylic acid groups (broad SMARTS) is 1. The Bertz CT molecular complexity index is 460. The first-order chi connectivity index (χ1) is 8.08. The molecule has 0 heterocycles. The van der Waals surface area contributed by atoms with Crippen molar-refractivity contribution in [2.24, 2.45) is 5.92 Å². The maximum atomic E-state index is 10.7. The maximum absolute atomic E-state index is 10.7. The molecule has 0 spiro atoms. The lowest BCUT2D eigenvalue weighted by Crippen LogP contribution is -2.14. The number of hydrogen-bond acceptors (Lipinski definition) is 1. The zero-order valence-electron chi connectivity index (χ0n) is 10.3. The molecule has 2 nitrogen and oxygen atoms in total. The van der Waals surface area contributed by atoms with Crippen molar-refractivity contribution in [2.45, 2.75) is 32.6 Å². The largest absolute Gasteiger partial charge is 0.481 e. The topological polar surface area (TPSA) is 37.3 Å². The summed E-state index contributed by atoms with van der Waals surface area (Å²) in [6, 6.07) is 6.43. The van der Waals surface area contributed by atoms with E-state index >= 15 is 0 Å². The van der Waals surface area contributed by atoms with Gasteiger partial charge in [0.25, 0.3) is 0 Å². The van der Waals surface area contributed by atoms with Crippen LogP contribution in [0.4, 0.5) is 0 Å². The summed E-state index contributed by atoms with van der Waals surface area (Å²) in [4.78, 5) is 10.7. The summed E-state index contributed by atoms with van der Waals surface area (Å²) in [5.74, 6) is 0.0525. The van der Waals surface area contributed by atoms with Crippen LogP contribution in [-0.4, -0.2) is 11.1 Å². The summed E-state index contributed by atoms with van der Waals surface area (Å²) >= 11 is 0. The van der Waals surface area contributed by atoms with Crippen LogP contribution in [0, 0.1) is 12.8 Å². The summed E-state index contributed by atoms with van der Waals surface area (Å²) in [7, 11) is 0. The van der Waals surface area contributed by atoms with E-state index in [1.807, 2.05) is 0 Å². The van der Waals surface area contributed by atoms with Gasteiger partial charge in [0, 0.05) is 6.42 Å². The molecule has 1 aliphatic rings. The van der Waals surface area contributed by atoms with Gasteiger partial charge in [0.15, 0.2) is 0 Å². The molecule has 17 heavy (non-hydrogen) atoms. The zero-order chi connectivity index (χ0) is 12.4. The molecule has 2 rings (SSSR count). The van der Waals surface area contributed by atoms with Gasteiger partial charge in [-0.05, 0) is 36.3 Å². The van der Waals surface area contributed by atoms with E-state index in [9.17, 15) is 4.79 Å². The summed E-state index contributed by atoms with van der Waals surface area (Å²) in [6.45, 7) is 4.24. The van der Waals surface area contributed by atoms with Crippen LogP contribution in [0.25, 0.3) is 6.08 Å². The van der Waals surface area contributed by atoms with E-state index in [0.29, 0.717) is 11.8 Å². The van der Waals surface area contributed by atoms with Crippen molar-refractivity contribution < 1.29 is 9.90 Å². The predicted molar refractivity (Wildman–Crippen MR) is 69.0 cm³/mol. The standard InChI is InChI=1S/C15H18O2/c1-10-3-6-14-12(9-10)5-4-11(2)13(14)7-8-15(16)17/h3-6,9,11,13H,7-8H2,1-2H3,(H,16,17)/t11-,13-/m0/s1. The third kappa shape index (κ3) is 2.57. The average Bonchev–Trinajstić information content (AvgIpc) is 2.27. The monoisotopic (exact) mass is 230 g/mol. The zero-order valence-corrected chi connectivity index (χ0v) is 10.3. The third-order valence-electron chi connectivity index (χ3n) is 3.52. The van der Waals surface area contributed by atoms with Gasteiger partial charge in [-0.1, -0.05) is 42.8 Å². The van der Waals surface area contributed by atoms with Crippen molar-refractivity contribution in [3.8, 4) is 0 Å². The molecule has 2 atom stereocenters. The summed E-state index contributed by atoms with van der Waals surface area (Å²) in [6.07, 6.45) is 5.31. The molecule has 1 N–H and O–H groups in total. The Morgan fingerprint density at radius 3 is 2.88 bits per heavy atom. The van der Waals surface area contributed by atoms with E-state index in [2.05, 4.69) is 44.2 Å². The summed E-state index contributed by atoms with van der Waals surface area (Å²) in [5.41, 5.74) is 3.80. The Balaban J connectivity index is 2.27. The van der Waals surface area contributed by atoms with Gasteiger partial charge in [-0.25, -0.2) is 0 Å². The molecule has 1 aliphatic carbocycles. The average molecular weight is 230 g/mol. The maximum Gasteiger partial charge on any atom is 0.303 e. The van der Waals surface area contributed by atoms with Gasteiger partial charge in [0.2, 0.25) is 0 Å². The van der Waals surface area contributed by atoms with E-state index < -0.39 is 5.97 Å². The minimum atomic E-state index is -0.708. The number of rotatable bonds is 3. The first-order valence-corrected chi connectivity index (χ1v) is 6.08. The SMILES string of the molecule is Cc1ccc2c(c1)C=C[C@H](C)[C@@H]2CCC(=O)O. The van der Waals surface area contributed by atoms with Gasteiger partial charge in [-0.3, -0.25) is 4.79 Å². The van der Waals surface area contributed by atoms with E-state index in [1.165, 1.54) is 16.7 Å². The van der Waals surface area contributed by atoms with Crippen LogP contribution < -0.4 is 0 Å². The van der Waals surface area contributed by atoms with E-state index in [4.69, 9.17) is 5.11 Å². The Morgan fingerprint density at radius 1 is 1.41 bits per heavy atom. The van der Waals surface area contributed by atoms with Crippen molar-refractivity contribution in [1.82, 2.24) is 0 Å². The molecule has 1 aromatic rings. The highest BCUT2D eigenvalue weighted by Gasteiger charge is 2.23. The number of hydrogen-bond donors (Lipinski definition) is 1. The minimum Gasteiger partial charge on any atom is -0.481 e. The number of fused-ring (bicyclic) bond motifs is 1. The molecule has 0 bridgehead atoms. The second-order valence-corrected chi connectivity index (χ2v) is 4.89. The van der Waals surface area contributed by atoms with Crippen molar-refractivity contribution in [1.29, 1.82) is 0 Å². The molecule has 0 aromatic heterocycles. The lowest BCUT2D eigenvalue weighted by atomic mass is 9.77. The van der Waals surface area contributed by atoms with Gasteiger partial charge >= 0.3 is 5.97 Å². The van der Waals surface area contributed by atoms with Crippen LogP contribution in [0.2, 0.25) is 0 Å². The molecule has 1 aromatic carbocycles. The first-order valence-electron chi connectivity index (χ1n) is 6.08. The van der Waals surface area contributed by atoms with E-state index in [-0.39, 0.29) is 6.42 Å². The van der Waals surface area contributed by atoms with Crippen molar-refractivity contribution in [3.63, 3.8) is 0 Å². The van der Waals surface area contributed by atoms with Gasteiger partial charge in [0.05, 0.1) is 0 Å². The molecule has 0 saturated carbocycles. The Kier molecular flexibility index (Phi) is 3.32. The van der Waals surface area contributed by atoms with Crippen LogP contribution in [0.5, 0.6) is 0 Å². The van der Waals surface area contributed by atoms with E-state index in [1.54, 1.807) is 0 Å². The second kappa shape index (κ2) is 4.74. The first kappa shape index (κ1) is 11.9. The predicted octanol–water partition coefficient (Wildman–Crippen LogP) is 3.61. The molecule has 0 aliphatic heterocycles. The van der Waals surface area contributed by atoms with Gasteiger partial charge in [-0.2, -0.15) is 0 Å². The molecular weight excluding hydrogens is 212 g/mol. The lowest BCUT2D eigenvalue weighted by molar-refractivity contribution is -0.137. The number of aryl methyl sites for hydroxylation is 1. The number of carboxylic acids is 1. The number of aliphatic carboxylic acids is 1. The highest BCUT2D eigenvalue weighted by atomic mass is 16.4. The molecule has 0 amide bonds. The molecule has 2 heteroatoms. The van der Waals surface area contributed by atoms with Crippen LogP contribution >= 0.6 is 0 Å². The van der Waals surface area contributed by atoms with Crippen molar-refractivity contribution in [3.05, 3.63) is 41.0 Å². The molecular formula is C15H18O2. The van der Waals surface area contributed by atoms with Gasteiger partial charge < -0.3 is 5.11 Å². The highest BCUT2D eigenvalue weighted by molar-refractivity contribution is 5.67. The normalized spacial score (nSPS) is 22.2. The molecule has 0 saturated heterocycles. The summed E-state index contributed by atoms with van der Waals surface area (Å²) in [5, 5.41) is 8.80. The number of carbonyl (C=O) groups is 1. The fraction of sp³-hybridized carbons (Fsp3) is 0.400. The van der Waals surface area contributed by atoms with Crippen molar-refractivity contribution >= 4 is 12.0 Å². The fourth-order valence-corrected chi connectivity index (χ4v) is 2.55. The van der Waals surface area contributed by atoms with Gasteiger partial charge in [0.1, 0.15) is 0 Å². The highest BCUT2D eigenvalue weighted by Crippen LogP contribution is 2.37. The van der Waals surface area contributed by atoms with Crippen LogP contribution in [-0.2, 0) is 4.79 Å². The smallest absolute Gasteiger partial charge is 0.303 e. The minimum absolute atomic E-state index is 0.246. The summed E-state index contributed by atoms with van der Waals surface area (Å²) < 4.78 is 0. The molecule has 0 radical (unpaired) electrons. The Hall–Kier alpha value is -1.57. The van der Waals surface area contributed by atoms with Gasteiger partial charge in [-0.15, -0.1) is 0 Å². The quantitative estimate of drug-likeness (QED) is 0.861. The Labute approximate surface area is 102 Å². The molecule has 0 fully saturated rings. The number of allylic oxidation sites excluding steroid dienone is 1. The number of benzene rings is 1. The Morgan fingerprint density at radius 2 is 2.18 bits per heavy atom. The second-order valence-electron chi connectivity index (χ2n) is 4.89. The molecule has 90 valence electrons. The van der Waals surface area contributed by atoms with Crippen LogP contribution in [0.15, 0.2) is 24.3 Å². The van der Waals surface area contributed by atoms with E-state index in [0.717, 1.165) is 6.42 Å². The van der Waals surface area contributed by atoms with Crippen molar-refractivity contribution in [2.75, 3.05) is 0 Å².